The topological polar surface area (TPSA) is 36.9 Å². The first kappa shape index (κ1) is 16.7. The molecule has 4 bridgehead atoms. The second kappa shape index (κ2) is 5.79. The van der Waals surface area contributed by atoms with Crippen LogP contribution in [-0.2, 0) is 18.9 Å². The lowest BCUT2D eigenvalue weighted by molar-refractivity contribution is -0.398. The van der Waals surface area contributed by atoms with Crippen molar-refractivity contribution in [2.24, 2.45) is 28.6 Å². The summed E-state index contributed by atoms with van der Waals surface area (Å²) in [4.78, 5) is 0. The third kappa shape index (κ3) is 1.97. The van der Waals surface area contributed by atoms with Crippen molar-refractivity contribution in [2.75, 3.05) is 21.0 Å². The normalized spacial score (nSPS) is 53.6. The highest BCUT2D eigenvalue weighted by Crippen LogP contribution is 2.74. The molecule has 25 heavy (non-hydrogen) atoms. The van der Waals surface area contributed by atoms with Crippen molar-refractivity contribution in [1.82, 2.24) is 0 Å². The highest BCUT2D eigenvalue weighted by atomic mass is 16.7. The molecule has 0 aromatic rings. The zero-order valence-electron chi connectivity index (χ0n) is 15.7. The molecule has 8 atom stereocenters. The number of methoxy groups -OCH3 is 2. The summed E-state index contributed by atoms with van der Waals surface area (Å²) in [6.45, 7) is 4.88. The fourth-order valence-electron chi connectivity index (χ4n) is 7.87. The minimum absolute atomic E-state index is 0.0636. The summed E-state index contributed by atoms with van der Waals surface area (Å²) >= 11 is 0. The Bertz CT molecular complexity index is 562. The van der Waals surface area contributed by atoms with Gasteiger partial charge in [0.25, 0.3) is 0 Å². The summed E-state index contributed by atoms with van der Waals surface area (Å²) in [7, 11) is 3.56. The van der Waals surface area contributed by atoms with E-state index in [0.717, 1.165) is 12.3 Å². The van der Waals surface area contributed by atoms with Gasteiger partial charge in [0.15, 0.2) is 6.29 Å². The second-order valence-corrected chi connectivity index (χ2v) is 9.21. The number of hydrogen-bond acceptors (Lipinski definition) is 4. The Balaban J connectivity index is 1.60. The van der Waals surface area contributed by atoms with Gasteiger partial charge in [0.1, 0.15) is 6.79 Å². The van der Waals surface area contributed by atoms with E-state index in [1.807, 2.05) is 7.11 Å². The minimum atomic E-state index is -0.0636. The molecule has 5 saturated carbocycles. The average molecular weight is 348 g/mol. The van der Waals surface area contributed by atoms with Crippen molar-refractivity contribution in [3.8, 4) is 0 Å². The van der Waals surface area contributed by atoms with E-state index in [2.05, 4.69) is 6.58 Å². The highest BCUT2D eigenvalue weighted by Gasteiger charge is 2.74. The van der Waals surface area contributed by atoms with Gasteiger partial charge in [-0.1, -0.05) is 12.2 Å². The smallest absolute Gasteiger partial charge is 0.164 e. The van der Waals surface area contributed by atoms with Gasteiger partial charge in [-0.15, -0.1) is 0 Å². The predicted molar refractivity (Wildman–Crippen MR) is 93.8 cm³/mol. The third-order valence-electron chi connectivity index (χ3n) is 8.63. The molecule has 140 valence electrons. The van der Waals surface area contributed by atoms with Crippen molar-refractivity contribution in [3.05, 3.63) is 12.2 Å². The van der Waals surface area contributed by atoms with E-state index in [4.69, 9.17) is 18.9 Å². The van der Waals surface area contributed by atoms with Crippen LogP contribution in [-0.4, -0.2) is 39.5 Å². The minimum Gasteiger partial charge on any atom is -0.359 e. The number of allylic oxidation sites excluding steroid dienone is 1. The highest BCUT2D eigenvalue weighted by molar-refractivity contribution is 5.26. The van der Waals surface area contributed by atoms with Crippen molar-refractivity contribution in [1.29, 1.82) is 0 Å². The first-order chi connectivity index (χ1) is 12.2. The van der Waals surface area contributed by atoms with Crippen molar-refractivity contribution in [2.45, 2.75) is 69.9 Å². The first-order valence-corrected chi connectivity index (χ1v) is 10.1. The first-order valence-electron chi connectivity index (χ1n) is 10.1. The Hall–Kier alpha value is -0.420. The summed E-state index contributed by atoms with van der Waals surface area (Å²) in [5, 5.41) is 0. The molecular weight excluding hydrogens is 316 g/mol. The van der Waals surface area contributed by atoms with Crippen LogP contribution in [0.2, 0.25) is 0 Å². The molecule has 2 spiro atoms. The number of hydrogen-bond donors (Lipinski definition) is 0. The molecule has 4 heteroatoms. The second-order valence-electron chi connectivity index (χ2n) is 9.21. The monoisotopic (exact) mass is 348 g/mol. The van der Waals surface area contributed by atoms with Gasteiger partial charge in [-0.3, -0.25) is 0 Å². The van der Waals surface area contributed by atoms with Gasteiger partial charge in [-0.2, -0.15) is 0 Å². The van der Waals surface area contributed by atoms with Crippen LogP contribution in [0.25, 0.3) is 0 Å². The summed E-state index contributed by atoms with van der Waals surface area (Å²) < 4.78 is 24.2. The number of rotatable bonds is 4. The fraction of sp³-hybridized carbons (Fsp3) is 0.905. The molecule has 0 radical (unpaired) electrons. The molecular formula is C21H32O4. The molecule has 2 heterocycles. The number of ether oxygens (including phenoxy) is 4. The van der Waals surface area contributed by atoms with Crippen LogP contribution in [0.3, 0.4) is 0 Å². The maximum atomic E-state index is 6.66. The summed E-state index contributed by atoms with van der Waals surface area (Å²) in [6, 6.07) is 0. The van der Waals surface area contributed by atoms with Crippen LogP contribution in [0, 0.1) is 28.6 Å². The summed E-state index contributed by atoms with van der Waals surface area (Å²) in [5.74, 6) is 2.01. The molecule has 2 saturated heterocycles. The van der Waals surface area contributed by atoms with Gasteiger partial charge in [-0.05, 0) is 69.1 Å². The average Bonchev–Trinajstić information content (AvgIpc) is 2.66. The van der Waals surface area contributed by atoms with Crippen LogP contribution in [0.4, 0.5) is 0 Å². The standard InChI is InChI=1S/C21H32O4/c1-13-5-4-7-20-15(13)11-18(25-19(20)23-3)21-8-6-14(9-16(20)21)10-17(21)24-12-22-2/h14-19H,1,4-12H2,2-3H3/t14?,15-,16?,17-,18+,19?,20?,21+/m1/s1. The molecule has 7 rings (SSSR count). The van der Waals surface area contributed by atoms with E-state index in [-0.39, 0.29) is 29.3 Å². The van der Waals surface area contributed by atoms with Gasteiger partial charge in [-0.25, -0.2) is 0 Å². The van der Waals surface area contributed by atoms with Crippen molar-refractivity contribution >= 4 is 0 Å². The van der Waals surface area contributed by atoms with Gasteiger partial charge in [0.05, 0.1) is 12.2 Å². The SMILES string of the molecule is C=C1CCCC23C(OC)O[C@@H](C[C@H]12)[C@@]12CCC(CC31)C[C@H]2OCOC. The molecule has 2 aliphatic heterocycles. The van der Waals surface area contributed by atoms with Crippen LogP contribution in [0.1, 0.15) is 51.4 Å². The quantitative estimate of drug-likeness (QED) is 0.570. The molecule has 7 fully saturated rings. The van der Waals surface area contributed by atoms with Crippen molar-refractivity contribution in [3.63, 3.8) is 0 Å². The maximum Gasteiger partial charge on any atom is 0.164 e. The number of fused-ring (bicyclic) bond motifs is 3. The van der Waals surface area contributed by atoms with Crippen molar-refractivity contribution < 1.29 is 18.9 Å². The molecule has 0 N–H and O–H groups in total. The molecule has 5 aliphatic carbocycles. The maximum absolute atomic E-state index is 6.66. The molecule has 7 aliphatic rings. The van der Waals surface area contributed by atoms with E-state index in [1.165, 1.54) is 50.5 Å². The summed E-state index contributed by atoms with van der Waals surface area (Å²) in [6.07, 6.45) is 10.3. The van der Waals surface area contributed by atoms with Gasteiger partial charge in [0.2, 0.25) is 0 Å². The van der Waals surface area contributed by atoms with Crippen LogP contribution in [0.15, 0.2) is 12.2 Å². The van der Waals surface area contributed by atoms with E-state index in [1.54, 1.807) is 7.11 Å². The lowest BCUT2D eigenvalue weighted by Crippen LogP contribution is -2.75. The van der Waals surface area contributed by atoms with Gasteiger partial charge < -0.3 is 18.9 Å². The third-order valence-corrected chi connectivity index (χ3v) is 8.63. The molecule has 4 unspecified atom stereocenters. The Morgan fingerprint density at radius 2 is 2.04 bits per heavy atom. The van der Waals surface area contributed by atoms with E-state index in [9.17, 15) is 0 Å². The molecule has 0 aromatic heterocycles. The Kier molecular flexibility index (Phi) is 3.87. The van der Waals surface area contributed by atoms with E-state index < -0.39 is 0 Å². The zero-order valence-corrected chi connectivity index (χ0v) is 15.7. The predicted octanol–water partition coefficient (Wildman–Crippen LogP) is 3.90. The largest absolute Gasteiger partial charge is 0.359 e. The molecule has 0 aromatic carbocycles. The zero-order chi connectivity index (χ0) is 17.2. The van der Waals surface area contributed by atoms with E-state index >= 15 is 0 Å². The van der Waals surface area contributed by atoms with Crippen LogP contribution in [0.5, 0.6) is 0 Å². The van der Waals surface area contributed by atoms with Crippen LogP contribution < -0.4 is 0 Å². The Morgan fingerprint density at radius 3 is 2.84 bits per heavy atom. The fourth-order valence-corrected chi connectivity index (χ4v) is 7.87. The van der Waals surface area contributed by atoms with Gasteiger partial charge in [0, 0.05) is 25.0 Å². The van der Waals surface area contributed by atoms with Gasteiger partial charge >= 0.3 is 0 Å². The molecule has 4 nitrogen and oxygen atoms in total. The Labute approximate surface area is 151 Å². The summed E-state index contributed by atoms with van der Waals surface area (Å²) in [5.41, 5.74) is 1.73. The lowest BCUT2D eigenvalue weighted by Gasteiger charge is -2.74. The van der Waals surface area contributed by atoms with E-state index in [0.29, 0.717) is 18.6 Å². The lowest BCUT2D eigenvalue weighted by atomic mass is 9.36. The Morgan fingerprint density at radius 1 is 1.16 bits per heavy atom. The molecule has 0 amide bonds. The van der Waals surface area contributed by atoms with Crippen LogP contribution >= 0.6 is 0 Å².